The standard InChI is InChI=1S/C20H14F3N/c1-11-3-8-17-15(9-11)16-10-12(2)18(22)19(23)20(16)24(17)14-6-4-13(21)5-7-14/h3-10H,1-2H3. The lowest BCUT2D eigenvalue weighted by Gasteiger charge is -2.09. The molecular formula is C20H14F3N. The predicted molar refractivity (Wildman–Crippen MR) is 90.1 cm³/mol. The van der Waals surface area contributed by atoms with Crippen LogP contribution in [0.15, 0.2) is 48.5 Å². The van der Waals surface area contributed by atoms with Crippen molar-refractivity contribution >= 4 is 21.8 Å². The Bertz CT molecular complexity index is 1090. The summed E-state index contributed by atoms with van der Waals surface area (Å²) in [5.41, 5.74) is 2.81. The molecule has 1 nitrogen and oxygen atoms in total. The maximum absolute atomic E-state index is 14.8. The van der Waals surface area contributed by atoms with Gasteiger partial charge in [0.15, 0.2) is 11.6 Å². The van der Waals surface area contributed by atoms with E-state index in [4.69, 9.17) is 0 Å². The Morgan fingerprint density at radius 2 is 1.46 bits per heavy atom. The summed E-state index contributed by atoms with van der Waals surface area (Å²) >= 11 is 0. The maximum Gasteiger partial charge on any atom is 0.183 e. The molecule has 0 unspecified atom stereocenters. The lowest BCUT2D eigenvalue weighted by Crippen LogP contribution is -1.98. The SMILES string of the molecule is Cc1ccc2c(c1)c1cc(C)c(F)c(F)c1n2-c1ccc(F)cc1. The molecule has 0 aliphatic heterocycles. The molecule has 0 N–H and O–H groups in total. The first-order valence-electron chi connectivity index (χ1n) is 7.62. The zero-order valence-corrected chi connectivity index (χ0v) is 13.2. The summed E-state index contributed by atoms with van der Waals surface area (Å²) < 4.78 is 43.8. The molecule has 1 heterocycles. The summed E-state index contributed by atoms with van der Waals surface area (Å²) in [6, 6.07) is 13.1. The second-order valence-corrected chi connectivity index (χ2v) is 6.05. The highest BCUT2D eigenvalue weighted by Gasteiger charge is 2.20. The van der Waals surface area contributed by atoms with Crippen molar-refractivity contribution < 1.29 is 13.2 Å². The van der Waals surface area contributed by atoms with Crippen LogP contribution in [-0.2, 0) is 0 Å². The Kier molecular flexibility index (Phi) is 3.17. The number of rotatable bonds is 1. The van der Waals surface area contributed by atoms with Gasteiger partial charge in [-0.05, 0) is 61.9 Å². The number of nitrogens with zero attached hydrogens (tertiary/aromatic N) is 1. The van der Waals surface area contributed by atoms with Gasteiger partial charge in [-0.2, -0.15) is 0 Å². The van der Waals surface area contributed by atoms with Crippen molar-refractivity contribution in [2.45, 2.75) is 13.8 Å². The molecule has 3 aromatic carbocycles. The second kappa shape index (κ2) is 5.13. The quantitative estimate of drug-likeness (QED) is 0.416. The molecule has 0 fully saturated rings. The van der Waals surface area contributed by atoms with E-state index < -0.39 is 11.6 Å². The van der Waals surface area contributed by atoms with Gasteiger partial charge in [0.25, 0.3) is 0 Å². The average Bonchev–Trinajstić information content (AvgIpc) is 2.87. The normalized spacial score (nSPS) is 11.5. The Hall–Kier alpha value is -2.75. The highest BCUT2D eigenvalue weighted by Crippen LogP contribution is 2.36. The van der Waals surface area contributed by atoms with Crippen LogP contribution in [0.3, 0.4) is 0 Å². The van der Waals surface area contributed by atoms with Crippen molar-refractivity contribution in [1.82, 2.24) is 4.57 Å². The van der Waals surface area contributed by atoms with E-state index in [2.05, 4.69) is 0 Å². The van der Waals surface area contributed by atoms with E-state index in [-0.39, 0.29) is 16.9 Å². The summed E-state index contributed by atoms with van der Waals surface area (Å²) in [4.78, 5) is 0. The number of hydrogen-bond donors (Lipinski definition) is 0. The molecule has 0 amide bonds. The number of benzene rings is 3. The van der Waals surface area contributed by atoms with Gasteiger partial charge >= 0.3 is 0 Å². The van der Waals surface area contributed by atoms with Crippen molar-refractivity contribution in [3.63, 3.8) is 0 Å². The summed E-state index contributed by atoms with van der Waals surface area (Å²) in [7, 11) is 0. The summed E-state index contributed by atoms with van der Waals surface area (Å²) in [6.45, 7) is 3.50. The third kappa shape index (κ3) is 2.03. The molecule has 1 aromatic heterocycles. The fourth-order valence-corrected chi connectivity index (χ4v) is 3.21. The maximum atomic E-state index is 14.8. The molecule has 0 spiro atoms. The Morgan fingerprint density at radius 1 is 0.750 bits per heavy atom. The van der Waals surface area contributed by atoms with Gasteiger partial charge in [-0.15, -0.1) is 0 Å². The second-order valence-electron chi connectivity index (χ2n) is 6.05. The lowest BCUT2D eigenvalue weighted by atomic mass is 10.1. The number of hydrogen-bond acceptors (Lipinski definition) is 0. The predicted octanol–water partition coefficient (Wildman–Crippen LogP) is 5.82. The summed E-state index contributed by atoms with van der Waals surface area (Å²) in [6.07, 6.45) is 0. The average molecular weight is 325 g/mol. The van der Waals surface area contributed by atoms with Gasteiger partial charge in [0.2, 0.25) is 0 Å². The van der Waals surface area contributed by atoms with E-state index in [0.717, 1.165) is 16.5 Å². The third-order valence-electron chi connectivity index (χ3n) is 4.35. The van der Waals surface area contributed by atoms with E-state index in [9.17, 15) is 13.2 Å². The van der Waals surface area contributed by atoms with Crippen molar-refractivity contribution in [3.8, 4) is 5.69 Å². The summed E-state index contributed by atoms with van der Waals surface area (Å²) in [5, 5.41) is 1.49. The van der Waals surface area contributed by atoms with Gasteiger partial charge in [-0.3, -0.25) is 0 Å². The van der Waals surface area contributed by atoms with Gasteiger partial charge in [0.05, 0.1) is 11.0 Å². The minimum atomic E-state index is -0.886. The number of aryl methyl sites for hydroxylation is 2. The molecule has 4 rings (SSSR count). The molecule has 0 atom stereocenters. The number of fused-ring (bicyclic) bond motifs is 3. The van der Waals surface area contributed by atoms with Crippen molar-refractivity contribution in [3.05, 3.63) is 77.1 Å². The zero-order valence-electron chi connectivity index (χ0n) is 13.2. The first-order valence-corrected chi connectivity index (χ1v) is 7.62. The van der Waals surface area contributed by atoms with Crippen molar-refractivity contribution in [2.75, 3.05) is 0 Å². The van der Waals surface area contributed by atoms with Gasteiger partial charge < -0.3 is 4.57 Å². The fraction of sp³-hybridized carbons (Fsp3) is 0.100. The smallest absolute Gasteiger partial charge is 0.183 e. The third-order valence-corrected chi connectivity index (χ3v) is 4.35. The number of halogens is 3. The summed E-state index contributed by atoms with van der Waals surface area (Å²) in [5.74, 6) is -2.12. The fourth-order valence-electron chi connectivity index (χ4n) is 3.21. The largest absolute Gasteiger partial charge is 0.306 e. The Labute approximate surface area is 136 Å². The van der Waals surface area contributed by atoms with Crippen LogP contribution in [-0.4, -0.2) is 4.57 Å². The minimum absolute atomic E-state index is 0.172. The van der Waals surface area contributed by atoms with Crippen molar-refractivity contribution in [1.29, 1.82) is 0 Å². The van der Waals surface area contributed by atoms with Crippen LogP contribution in [0, 0.1) is 31.3 Å². The first-order chi connectivity index (χ1) is 11.5. The lowest BCUT2D eigenvalue weighted by molar-refractivity contribution is 0.509. The number of aromatic nitrogens is 1. The molecule has 0 saturated heterocycles. The van der Waals surface area contributed by atoms with Crippen LogP contribution in [0.5, 0.6) is 0 Å². The molecule has 0 bridgehead atoms. The van der Waals surface area contributed by atoms with Crippen LogP contribution in [0.25, 0.3) is 27.5 Å². The van der Waals surface area contributed by atoms with E-state index in [1.165, 1.54) is 12.1 Å². The molecule has 120 valence electrons. The molecule has 24 heavy (non-hydrogen) atoms. The highest BCUT2D eigenvalue weighted by atomic mass is 19.2. The van der Waals surface area contributed by atoms with Gasteiger partial charge in [0.1, 0.15) is 5.82 Å². The van der Waals surface area contributed by atoms with E-state index >= 15 is 0 Å². The van der Waals surface area contributed by atoms with Crippen LogP contribution in [0.1, 0.15) is 11.1 Å². The van der Waals surface area contributed by atoms with E-state index in [1.54, 1.807) is 29.7 Å². The van der Waals surface area contributed by atoms with Crippen LogP contribution in [0.2, 0.25) is 0 Å². The van der Waals surface area contributed by atoms with Gasteiger partial charge in [-0.25, -0.2) is 13.2 Å². The molecule has 0 aliphatic carbocycles. The minimum Gasteiger partial charge on any atom is -0.306 e. The molecule has 4 heteroatoms. The molecule has 0 saturated carbocycles. The Balaban J connectivity index is 2.25. The van der Waals surface area contributed by atoms with Crippen LogP contribution >= 0.6 is 0 Å². The van der Waals surface area contributed by atoms with Crippen LogP contribution < -0.4 is 0 Å². The van der Waals surface area contributed by atoms with Gasteiger partial charge in [0, 0.05) is 16.5 Å². The Morgan fingerprint density at radius 3 is 2.17 bits per heavy atom. The molecular weight excluding hydrogens is 311 g/mol. The molecule has 0 radical (unpaired) electrons. The molecule has 0 aliphatic rings. The first kappa shape index (κ1) is 14.8. The zero-order chi connectivity index (χ0) is 17.0. The van der Waals surface area contributed by atoms with Crippen LogP contribution in [0.4, 0.5) is 13.2 Å². The monoisotopic (exact) mass is 325 g/mol. The highest BCUT2D eigenvalue weighted by molar-refractivity contribution is 6.10. The van der Waals surface area contributed by atoms with Gasteiger partial charge in [-0.1, -0.05) is 11.6 Å². The van der Waals surface area contributed by atoms with E-state index in [0.29, 0.717) is 11.1 Å². The van der Waals surface area contributed by atoms with E-state index in [1.807, 2.05) is 25.1 Å². The van der Waals surface area contributed by atoms with Crippen molar-refractivity contribution in [2.24, 2.45) is 0 Å². The molecule has 4 aromatic rings. The topological polar surface area (TPSA) is 4.93 Å².